The van der Waals surface area contributed by atoms with Crippen LogP contribution in [-0.2, 0) is 4.79 Å². The lowest BCUT2D eigenvalue weighted by molar-refractivity contribution is -0.116. The molecule has 0 aliphatic carbocycles. The first-order chi connectivity index (χ1) is 10.1. The van der Waals surface area contributed by atoms with Gasteiger partial charge in [-0.05, 0) is 43.5 Å². The number of hydrogen-bond acceptors (Lipinski definition) is 3. The van der Waals surface area contributed by atoms with E-state index in [1.54, 1.807) is 0 Å². The standard InChI is InChI=1S/C16H24FN3O/c1-2-3-12-6-8-20(11-12)9-7-16(21)19-15-5-4-13(17)10-14(15)18/h4-5,10,12H,2-3,6-9,11,18H2,1H3,(H,19,21). The van der Waals surface area contributed by atoms with Crippen molar-refractivity contribution >= 4 is 17.3 Å². The van der Waals surface area contributed by atoms with E-state index >= 15 is 0 Å². The predicted molar refractivity (Wildman–Crippen MR) is 83.5 cm³/mol. The zero-order valence-corrected chi connectivity index (χ0v) is 12.6. The van der Waals surface area contributed by atoms with Crippen LogP contribution in [0.3, 0.4) is 0 Å². The molecule has 0 radical (unpaired) electrons. The maximum atomic E-state index is 12.9. The molecule has 1 aromatic rings. The van der Waals surface area contributed by atoms with E-state index in [1.165, 1.54) is 37.5 Å². The zero-order valence-electron chi connectivity index (χ0n) is 12.6. The van der Waals surface area contributed by atoms with E-state index in [2.05, 4.69) is 17.1 Å². The molecule has 1 aliphatic rings. The van der Waals surface area contributed by atoms with E-state index in [9.17, 15) is 9.18 Å². The number of hydrogen-bond donors (Lipinski definition) is 2. The summed E-state index contributed by atoms with van der Waals surface area (Å²) in [5.74, 6) is 0.308. The van der Waals surface area contributed by atoms with E-state index in [0.717, 1.165) is 25.6 Å². The van der Waals surface area contributed by atoms with Crippen molar-refractivity contribution in [3.63, 3.8) is 0 Å². The van der Waals surface area contributed by atoms with Crippen molar-refractivity contribution in [2.75, 3.05) is 30.7 Å². The van der Waals surface area contributed by atoms with Gasteiger partial charge in [0, 0.05) is 19.5 Å². The fraction of sp³-hybridized carbons (Fsp3) is 0.562. The normalized spacial score (nSPS) is 18.9. The molecule has 0 saturated carbocycles. The largest absolute Gasteiger partial charge is 0.397 e. The van der Waals surface area contributed by atoms with Gasteiger partial charge in [-0.2, -0.15) is 0 Å². The molecule has 5 heteroatoms. The number of benzene rings is 1. The van der Waals surface area contributed by atoms with Crippen LogP contribution in [0.15, 0.2) is 18.2 Å². The summed E-state index contributed by atoms with van der Waals surface area (Å²) in [6.07, 6.45) is 4.17. The highest BCUT2D eigenvalue weighted by Crippen LogP contribution is 2.21. The van der Waals surface area contributed by atoms with Gasteiger partial charge in [-0.15, -0.1) is 0 Å². The Bertz CT molecular complexity index is 492. The molecule has 4 nitrogen and oxygen atoms in total. The average Bonchev–Trinajstić information content (AvgIpc) is 2.88. The highest BCUT2D eigenvalue weighted by atomic mass is 19.1. The second-order valence-corrected chi connectivity index (χ2v) is 5.77. The number of anilines is 2. The molecule has 1 amide bonds. The third-order valence-corrected chi connectivity index (χ3v) is 4.01. The van der Waals surface area contributed by atoms with Crippen LogP contribution in [0.2, 0.25) is 0 Å². The van der Waals surface area contributed by atoms with E-state index in [4.69, 9.17) is 5.73 Å². The van der Waals surface area contributed by atoms with Gasteiger partial charge in [0.2, 0.25) is 5.91 Å². The number of halogens is 1. The second-order valence-electron chi connectivity index (χ2n) is 5.77. The van der Waals surface area contributed by atoms with Gasteiger partial charge in [0.1, 0.15) is 5.82 Å². The van der Waals surface area contributed by atoms with Crippen molar-refractivity contribution in [2.24, 2.45) is 5.92 Å². The van der Waals surface area contributed by atoms with Gasteiger partial charge >= 0.3 is 0 Å². The van der Waals surface area contributed by atoms with Crippen LogP contribution in [0, 0.1) is 11.7 Å². The number of nitrogens with two attached hydrogens (primary N) is 1. The smallest absolute Gasteiger partial charge is 0.225 e. The number of nitrogen functional groups attached to an aromatic ring is 1. The van der Waals surface area contributed by atoms with Crippen LogP contribution < -0.4 is 11.1 Å². The molecule has 1 fully saturated rings. The molecule has 1 unspecified atom stereocenters. The highest BCUT2D eigenvalue weighted by molar-refractivity contribution is 5.93. The van der Waals surface area contributed by atoms with Gasteiger partial charge < -0.3 is 16.0 Å². The quantitative estimate of drug-likeness (QED) is 0.793. The summed E-state index contributed by atoms with van der Waals surface area (Å²) in [7, 11) is 0. The lowest BCUT2D eigenvalue weighted by Gasteiger charge is -2.16. The van der Waals surface area contributed by atoms with Crippen LogP contribution in [0.4, 0.5) is 15.8 Å². The minimum absolute atomic E-state index is 0.0766. The fourth-order valence-electron chi connectivity index (χ4n) is 2.88. The van der Waals surface area contributed by atoms with Gasteiger partial charge in [0.25, 0.3) is 0 Å². The summed E-state index contributed by atoms with van der Waals surface area (Å²) in [4.78, 5) is 14.3. The van der Waals surface area contributed by atoms with Crippen LogP contribution >= 0.6 is 0 Å². The third kappa shape index (κ3) is 4.70. The number of rotatable bonds is 6. The molecular formula is C16H24FN3O. The van der Waals surface area contributed by atoms with E-state index < -0.39 is 5.82 Å². The number of nitrogens with one attached hydrogen (secondary N) is 1. The van der Waals surface area contributed by atoms with Crippen molar-refractivity contribution in [2.45, 2.75) is 32.6 Å². The zero-order chi connectivity index (χ0) is 15.2. The van der Waals surface area contributed by atoms with E-state index in [-0.39, 0.29) is 11.6 Å². The molecule has 1 saturated heterocycles. The minimum Gasteiger partial charge on any atom is -0.397 e. The van der Waals surface area contributed by atoms with Gasteiger partial charge in [0.15, 0.2) is 0 Å². The first kappa shape index (κ1) is 15.8. The molecule has 0 aromatic heterocycles. The first-order valence-corrected chi connectivity index (χ1v) is 7.65. The molecule has 21 heavy (non-hydrogen) atoms. The van der Waals surface area contributed by atoms with Gasteiger partial charge in [-0.25, -0.2) is 4.39 Å². The summed E-state index contributed by atoms with van der Waals surface area (Å²) < 4.78 is 12.9. The Balaban J connectivity index is 1.75. The van der Waals surface area contributed by atoms with Crippen LogP contribution in [0.1, 0.15) is 32.6 Å². The number of carbonyl (C=O) groups is 1. The van der Waals surface area contributed by atoms with Crippen molar-refractivity contribution in [1.82, 2.24) is 4.90 Å². The molecule has 3 N–H and O–H groups in total. The maximum Gasteiger partial charge on any atom is 0.225 e. The number of amides is 1. The van der Waals surface area contributed by atoms with Crippen molar-refractivity contribution in [3.05, 3.63) is 24.0 Å². The molecule has 0 bridgehead atoms. The Hall–Kier alpha value is -1.62. The summed E-state index contributed by atoms with van der Waals surface area (Å²) in [5, 5.41) is 2.74. The SMILES string of the molecule is CCCC1CCN(CCC(=O)Nc2ccc(F)cc2N)C1. The number of likely N-dealkylation sites (tertiary alicyclic amines) is 1. The number of carbonyl (C=O) groups excluding carboxylic acids is 1. The summed E-state index contributed by atoms with van der Waals surface area (Å²) in [5.41, 5.74) is 6.41. The molecule has 116 valence electrons. The molecule has 1 heterocycles. The second kappa shape index (κ2) is 7.41. The predicted octanol–water partition coefficient (Wildman–Crippen LogP) is 2.86. The van der Waals surface area contributed by atoms with E-state index in [0.29, 0.717) is 12.1 Å². The third-order valence-electron chi connectivity index (χ3n) is 4.01. The topological polar surface area (TPSA) is 58.4 Å². The van der Waals surface area contributed by atoms with Gasteiger partial charge in [-0.1, -0.05) is 13.3 Å². The van der Waals surface area contributed by atoms with Crippen LogP contribution in [0.5, 0.6) is 0 Å². The summed E-state index contributed by atoms with van der Waals surface area (Å²) >= 11 is 0. The lowest BCUT2D eigenvalue weighted by atomic mass is 10.0. The van der Waals surface area contributed by atoms with Crippen molar-refractivity contribution in [3.8, 4) is 0 Å². The first-order valence-electron chi connectivity index (χ1n) is 7.65. The van der Waals surface area contributed by atoms with E-state index in [1.807, 2.05) is 0 Å². The Morgan fingerprint density at radius 1 is 1.52 bits per heavy atom. The minimum atomic E-state index is -0.399. The Labute approximate surface area is 125 Å². The summed E-state index contributed by atoms with van der Waals surface area (Å²) in [6, 6.07) is 4.00. The fourth-order valence-corrected chi connectivity index (χ4v) is 2.88. The lowest BCUT2D eigenvalue weighted by Crippen LogP contribution is -2.26. The summed E-state index contributed by atoms with van der Waals surface area (Å²) in [6.45, 7) is 5.16. The van der Waals surface area contributed by atoms with Gasteiger partial charge in [0.05, 0.1) is 11.4 Å². The highest BCUT2D eigenvalue weighted by Gasteiger charge is 2.21. The molecular weight excluding hydrogens is 269 g/mol. The van der Waals surface area contributed by atoms with Crippen molar-refractivity contribution in [1.29, 1.82) is 0 Å². The molecule has 1 aliphatic heterocycles. The van der Waals surface area contributed by atoms with Crippen LogP contribution in [-0.4, -0.2) is 30.4 Å². The Kier molecular flexibility index (Phi) is 5.56. The Morgan fingerprint density at radius 2 is 2.33 bits per heavy atom. The van der Waals surface area contributed by atoms with Gasteiger partial charge in [-0.3, -0.25) is 4.79 Å². The average molecular weight is 293 g/mol. The molecule has 0 spiro atoms. The number of nitrogens with zero attached hydrogens (tertiary/aromatic N) is 1. The Morgan fingerprint density at radius 3 is 3.05 bits per heavy atom. The molecule has 2 rings (SSSR count). The van der Waals surface area contributed by atoms with Crippen molar-refractivity contribution < 1.29 is 9.18 Å². The maximum absolute atomic E-state index is 12.9. The van der Waals surface area contributed by atoms with Crippen LogP contribution in [0.25, 0.3) is 0 Å². The monoisotopic (exact) mass is 293 g/mol. The molecule has 1 aromatic carbocycles. The molecule has 1 atom stereocenters.